The minimum absolute atomic E-state index is 0.740. The van der Waals surface area contributed by atoms with Gasteiger partial charge in [0, 0.05) is 58.9 Å². The highest BCUT2D eigenvalue weighted by Gasteiger charge is 2.19. The Morgan fingerprint density at radius 1 is 0.905 bits per heavy atom. The van der Waals surface area contributed by atoms with Gasteiger partial charge in [-0.1, -0.05) is 0 Å². The van der Waals surface area contributed by atoms with E-state index in [4.69, 9.17) is 0 Å². The standard InChI is InChI=1S/C14H19N7/c1-19(2)14-17-4-3-12(18-14)20-7-9-21(10-8-20)13-11-15-5-6-16-13/h3-6,11H,7-10H2,1-2H3. The van der Waals surface area contributed by atoms with Crippen molar-refractivity contribution in [3.05, 3.63) is 30.9 Å². The van der Waals surface area contributed by atoms with Crippen molar-refractivity contribution in [2.24, 2.45) is 0 Å². The van der Waals surface area contributed by atoms with E-state index in [0.717, 1.165) is 43.8 Å². The summed E-state index contributed by atoms with van der Waals surface area (Å²) in [6.45, 7) is 3.67. The van der Waals surface area contributed by atoms with Gasteiger partial charge in [0.15, 0.2) is 0 Å². The second-order valence-corrected chi connectivity index (χ2v) is 5.15. The number of aromatic nitrogens is 4. The summed E-state index contributed by atoms with van der Waals surface area (Å²) in [7, 11) is 3.90. The third kappa shape index (κ3) is 3.01. The van der Waals surface area contributed by atoms with Gasteiger partial charge in [-0.2, -0.15) is 4.98 Å². The average molecular weight is 285 g/mol. The van der Waals surface area contributed by atoms with Gasteiger partial charge in [0.25, 0.3) is 0 Å². The molecule has 0 amide bonds. The molecule has 2 aromatic rings. The van der Waals surface area contributed by atoms with Gasteiger partial charge in [0.05, 0.1) is 6.20 Å². The van der Waals surface area contributed by atoms with E-state index in [1.165, 1.54) is 0 Å². The molecule has 0 unspecified atom stereocenters. The van der Waals surface area contributed by atoms with E-state index in [1.807, 2.05) is 37.5 Å². The molecule has 0 spiro atoms. The predicted molar refractivity (Wildman–Crippen MR) is 82.8 cm³/mol. The van der Waals surface area contributed by atoms with Gasteiger partial charge in [0.1, 0.15) is 11.6 Å². The van der Waals surface area contributed by atoms with Gasteiger partial charge in [-0.25, -0.2) is 9.97 Å². The zero-order valence-electron chi connectivity index (χ0n) is 12.3. The monoisotopic (exact) mass is 285 g/mol. The normalized spacial score (nSPS) is 15.1. The molecule has 2 aromatic heterocycles. The molecule has 0 atom stereocenters. The highest BCUT2D eigenvalue weighted by molar-refractivity contribution is 5.46. The van der Waals surface area contributed by atoms with E-state index in [0.29, 0.717) is 0 Å². The van der Waals surface area contributed by atoms with Gasteiger partial charge >= 0.3 is 0 Å². The van der Waals surface area contributed by atoms with Crippen LogP contribution in [0.3, 0.4) is 0 Å². The molecule has 7 nitrogen and oxygen atoms in total. The van der Waals surface area contributed by atoms with Crippen LogP contribution in [0.5, 0.6) is 0 Å². The Bertz CT molecular complexity index is 579. The molecule has 1 fully saturated rings. The topological polar surface area (TPSA) is 61.3 Å². The van der Waals surface area contributed by atoms with Gasteiger partial charge in [-0.3, -0.25) is 4.98 Å². The van der Waals surface area contributed by atoms with E-state index in [-0.39, 0.29) is 0 Å². The number of hydrogen-bond acceptors (Lipinski definition) is 7. The van der Waals surface area contributed by atoms with Crippen LogP contribution in [0.4, 0.5) is 17.6 Å². The van der Waals surface area contributed by atoms with Crippen molar-refractivity contribution in [2.75, 3.05) is 55.0 Å². The average Bonchev–Trinajstić information content (AvgIpc) is 2.56. The number of piperazine rings is 1. The summed E-state index contributed by atoms with van der Waals surface area (Å²) in [6.07, 6.45) is 7.05. The summed E-state index contributed by atoms with van der Waals surface area (Å²) in [6, 6.07) is 1.96. The molecule has 1 saturated heterocycles. The van der Waals surface area contributed by atoms with Crippen LogP contribution in [0, 0.1) is 0 Å². The summed E-state index contributed by atoms with van der Waals surface area (Å²) in [5.41, 5.74) is 0. The first-order valence-electron chi connectivity index (χ1n) is 7.00. The van der Waals surface area contributed by atoms with Crippen molar-refractivity contribution >= 4 is 17.6 Å². The first-order valence-corrected chi connectivity index (χ1v) is 7.00. The van der Waals surface area contributed by atoms with Crippen molar-refractivity contribution in [3.63, 3.8) is 0 Å². The van der Waals surface area contributed by atoms with Gasteiger partial charge in [-0.05, 0) is 6.07 Å². The van der Waals surface area contributed by atoms with Gasteiger partial charge in [0.2, 0.25) is 5.95 Å². The van der Waals surface area contributed by atoms with E-state index in [2.05, 4.69) is 29.7 Å². The minimum Gasteiger partial charge on any atom is -0.353 e. The third-order valence-corrected chi connectivity index (χ3v) is 3.51. The van der Waals surface area contributed by atoms with Crippen LogP contribution < -0.4 is 14.7 Å². The zero-order chi connectivity index (χ0) is 14.7. The Balaban J connectivity index is 1.67. The van der Waals surface area contributed by atoms with Crippen molar-refractivity contribution in [1.29, 1.82) is 0 Å². The van der Waals surface area contributed by atoms with Crippen LogP contribution >= 0.6 is 0 Å². The summed E-state index contributed by atoms with van der Waals surface area (Å²) < 4.78 is 0. The molecule has 0 radical (unpaired) electrons. The quantitative estimate of drug-likeness (QED) is 0.821. The highest BCUT2D eigenvalue weighted by atomic mass is 15.3. The fourth-order valence-electron chi connectivity index (χ4n) is 2.35. The van der Waals surface area contributed by atoms with Crippen LogP contribution in [0.25, 0.3) is 0 Å². The van der Waals surface area contributed by atoms with Crippen molar-refractivity contribution in [3.8, 4) is 0 Å². The Morgan fingerprint density at radius 3 is 2.24 bits per heavy atom. The Kier molecular flexibility index (Phi) is 3.81. The molecule has 0 saturated carbocycles. The number of hydrogen-bond donors (Lipinski definition) is 0. The molecule has 0 aromatic carbocycles. The molecule has 0 N–H and O–H groups in total. The molecule has 3 rings (SSSR count). The second kappa shape index (κ2) is 5.90. The predicted octanol–water partition coefficient (Wildman–Crippen LogP) is 0.659. The van der Waals surface area contributed by atoms with Gasteiger partial charge < -0.3 is 14.7 Å². The summed E-state index contributed by atoms with van der Waals surface area (Å²) in [5.74, 6) is 2.66. The number of rotatable bonds is 3. The van der Waals surface area contributed by atoms with E-state index in [1.54, 1.807) is 12.4 Å². The largest absolute Gasteiger partial charge is 0.353 e. The lowest BCUT2D eigenvalue weighted by molar-refractivity contribution is 0.639. The molecule has 0 bridgehead atoms. The van der Waals surface area contributed by atoms with Crippen molar-refractivity contribution in [1.82, 2.24) is 19.9 Å². The molecule has 7 heteroatoms. The maximum Gasteiger partial charge on any atom is 0.226 e. The molecule has 1 aliphatic heterocycles. The first kappa shape index (κ1) is 13.5. The fourth-order valence-corrected chi connectivity index (χ4v) is 2.35. The lowest BCUT2D eigenvalue weighted by Crippen LogP contribution is -2.47. The van der Waals surface area contributed by atoms with Crippen molar-refractivity contribution < 1.29 is 0 Å². The molecular weight excluding hydrogens is 266 g/mol. The molecule has 110 valence electrons. The Labute approximate surface area is 124 Å². The van der Waals surface area contributed by atoms with E-state index >= 15 is 0 Å². The Hall–Kier alpha value is -2.44. The fraction of sp³-hybridized carbons (Fsp3) is 0.429. The molecular formula is C14H19N7. The maximum absolute atomic E-state index is 4.59. The number of nitrogens with zero attached hydrogens (tertiary/aromatic N) is 7. The lowest BCUT2D eigenvalue weighted by atomic mass is 10.3. The second-order valence-electron chi connectivity index (χ2n) is 5.15. The van der Waals surface area contributed by atoms with Crippen LogP contribution in [-0.4, -0.2) is 60.2 Å². The zero-order valence-corrected chi connectivity index (χ0v) is 12.3. The summed E-state index contributed by atoms with van der Waals surface area (Å²) in [4.78, 5) is 23.8. The van der Waals surface area contributed by atoms with E-state index in [9.17, 15) is 0 Å². The summed E-state index contributed by atoms with van der Waals surface area (Å²) in [5, 5.41) is 0. The smallest absolute Gasteiger partial charge is 0.226 e. The molecule has 3 heterocycles. The SMILES string of the molecule is CN(C)c1nccc(N2CCN(c3cnccn3)CC2)n1. The van der Waals surface area contributed by atoms with Crippen LogP contribution in [0.1, 0.15) is 0 Å². The Morgan fingerprint density at radius 2 is 1.62 bits per heavy atom. The summed E-state index contributed by atoms with van der Waals surface area (Å²) >= 11 is 0. The minimum atomic E-state index is 0.740. The molecule has 21 heavy (non-hydrogen) atoms. The van der Waals surface area contributed by atoms with Crippen LogP contribution in [-0.2, 0) is 0 Å². The lowest BCUT2D eigenvalue weighted by Gasteiger charge is -2.35. The molecule has 0 aliphatic carbocycles. The van der Waals surface area contributed by atoms with Crippen LogP contribution in [0.2, 0.25) is 0 Å². The van der Waals surface area contributed by atoms with E-state index < -0.39 is 0 Å². The first-order chi connectivity index (χ1) is 10.2. The highest BCUT2D eigenvalue weighted by Crippen LogP contribution is 2.18. The van der Waals surface area contributed by atoms with Gasteiger partial charge in [-0.15, -0.1) is 0 Å². The molecule has 1 aliphatic rings. The third-order valence-electron chi connectivity index (χ3n) is 3.51. The van der Waals surface area contributed by atoms with Crippen molar-refractivity contribution in [2.45, 2.75) is 0 Å². The number of anilines is 3. The maximum atomic E-state index is 4.59. The van der Waals surface area contributed by atoms with Crippen LogP contribution in [0.15, 0.2) is 30.9 Å².